The van der Waals surface area contributed by atoms with Crippen molar-refractivity contribution in [2.24, 2.45) is 0 Å². The number of nitrogens with one attached hydrogen (secondary N) is 2. The second kappa shape index (κ2) is 3.62. The maximum atomic E-state index is 12.1. The van der Waals surface area contributed by atoms with Gasteiger partial charge in [0.25, 0.3) is 5.56 Å². The molecular formula is C12H12N4O. The first-order valence-electron chi connectivity index (χ1n) is 5.42. The Balaban J connectivity index is 2.16. The highest BCUT2D eigenvalue weighted by Gasteiger charge is 2.15. The van der Waals surface area contributed by atoms with E-state index in [1.54, 1.807) is 18.5 Å². The molecule has 5 nitrogen and oxygen atoms in total. The van der Waals surface area contributed by atoms with E-state index >= 15 is 0 Å². The second-order valence-electron chi connectivity index (χ2n) is 4.05. The van der Waals surface area contributed by atoms with Gasteiger partial charge in [-0.1, -0.05) is 6.07 Å². The third kappa shape index (κ3) is 1.56. The van der Waals surface area contributed by atoms with Gasteiger partial charge in [0.15, 0.2) is 5.82 Å². The van der Waals surface area contributed by atoms with Gasteiger partial charge in [-0.05, 0) is 30.8 Å². The summed E-state index contributed by atoms with van der Waals surface area (Å²) in [5.74, 6) is 0.614. The average molecular weight is 228 g/mol. The van der Waals surface area contributed by atoms with Crippen LogP contribution in [0.1, 0.15) is 16.8 Å². The first-order valence-corrected chi connectivity index (χ1v) is 5.42. The van der Waals surface area contributed by atoms with E-state index in [1.807, 2.05) is 19.1 Å². The van der Waals surface area contributed by atoms with Crippen LogP contribution in [0.3, 0.4) is 0 Å². The number of aromatic amines is 1. The highest BCUT2D eigenvalue weighted by molar-refractivity contribution is 5.53. The average Bonchev–Trinajstić information content (AvgIpc) is 2.69. The number of pyridine rings is 1. The standard InChI is InChI=1S/C12H12N4O/c1-8-2-3-11(14-6-8)16-12(17)9-4-5-13-7-10(9)15-16/h2-6,13,15H,7H2,1H3. The molecule has 1 aliphatic rings. The van der Waals surface area contributed by atoms with Crippen molar-refractivity contribution in [1.29, 1.82) is 0 Å². The van der Waals surface area contributed by atoms with E-state index in [0.717, 1.165) is 11.3 Å². The fourth-order valence-electron chi connectivity index (χ4n) is 1.86. The van der Waals surface area contributed by atoms with E-state index in [0.29, 0.717) is 17.9 Å². The summed E-state index contributed by atoms with van der Waals surface area (Å²) in [7, 11) is 0. The van der Waals surface area contributed by atoms with Crippen molar-refractivity contribution < 1.29 is 0 Å². The molecule has 0 spiro atoms. The molecule has 3 heterocycles. The monoisotopic (exact) mass is 228 g/mol. The van der Waals surface area contributed by atoms with Crippen LogP contribution in [0.4, 0.5) is 0 Å². The van der Waals surface area contributed by atoms with Gasteiger partial charge in [-0.25, -0.2) is 9.67 Å². The molecule has 0 aliphatic carbocycles. The van der Waals surface area contributed by atoms with E-state index in [2.05, 4.69) is 15.4 Å². The Morgan fingerprint density at radius 1 is 1.41 bits per heavy atom. The van der Waals surface area contributed by atoms with Gasteiger partial charge in [0.1, 0.15) is 0 Å². The van der Waals surface area contributed by atoms with Crippen molar-refractivity contribution in [3.05, 3.63) is 51.7 Å². The van der Waals surface area contributed by atoms with E-state index in [4.69, 9.17) is 0 Å². The van der Waals surface area contributed by atoms with Crippen LogP contribution < -0.4 is 10.9 Å². The van der Waals surface area contributed by atoms with Gasteiger partial charge in [-0.3, -0.25) is 9.89 Å². The summed E-state index contributed by atoms with van der Waals surface area (Å²) in [4.78, 5) is 16.4. The first-order chi connectivity index (χ1) is 8.25. The second-order valence-corrected chi connectivity index (χ2v) is 4.05. The Kier molecular flexibility index (Phi) is 2.11. The van der Waals surface area contributed by atoms with Gasteiger partial charge in [0, 0.05) is 6.20 Å². The lowest BCUT2D eigenvalue weighted by Gasteiger charge is -2.04. The number of rotatable bonds is 1. The van der Waals surface area contributed by atoms with Crippen molar-refractivity contribution in [1.82, 2.24) is 20.1 Å². The van der Waals surface area contributed by atoms with Crippen LogP contribution in [-0.4, -0.2) is 14.8 Å². The van der Waals surface area contributed by atoms with Gasteiger partial charge >= 0.3 is 0 Å². The maximum absolute atomic E-state index is 12.1. The topological polar surface area (TPSA) is 62.7 Å². The zero-order valence-corrected chi connectivity index (χ0v) is 9.40. The molecule has 0 unspecified atom stereocenters. The summed E-state index contributed by atoms with van der Waals surface area (Å²) in [6.07, 6.45) is 5.31. The molecule has 0 bridgehead atoms. The quantitative estimate of drug-likeness (QED) is 0.763. The number of H-pyrrole nitrogens is 1. The van der Waals surface area contributed by atoms with Crippen molar-refractivity contribution >= 4 is 6.08 Å². The predicted molar refractivity (Wildman–Crippen MR) is 64.8 cm³/mol. The summed E-state index contributed by atoms with van der Waals surface area (Å²) >= 11 is 0. The van der Waals surface area contributed by atoms with Gasteiger partial charge in [-0.2, -0.15) is 0 Å². The Morgan fingerprint density at radius 3 is 3.00 bits per heavy atom. The molecule has 0 amide bonds. The Hall–Kier alpha value is -2.30. The molecule has 0 saturated heterocycles. The molecule has 0 aromatic carbocycles. The predicted octanol–water partition coefficient (Wildman–Crippen LogP) is 0.943. The summed E-state index contributed by atoms with van der Waals surface area (Å²) in [6, 6.07) is 3.76. The van der Waals surface area contributed by atoms with E-state index in [9.17, 15) is 4.79 Å². The molecular weight excluding hydrogens is 216 g/mol. The van der Waals surface area contributed by atoms with Crippen LogP contribution in [0, 0.1) is 6.92 Å². The number of hydrogen-bond donors (Lipinski definition) is 2. The molecule has 86 valence electrons. The molecule has 2 aromatic rings. The van der Waals surface area contributed by atoms with E-state index in [-0.39, 0.29) is 5.56 Å². The minimum atomic E-state index is -0.0610. The largest absolute Gasteiger partial charge is 0.385 e. The lowest BCUT2D eigenvalue weighted by Crippen LogP contribution is -2.17. The van der Waals surface area contributed by atoms with Gasteiger partial charge in [0.2, 0.25) is 0 Å². The smallest absolute Gasteiger partial charge is 0.280 e. The maximum Gasteiger partial charge on any atom is 0.280 e. The van der Waals surface area contributed by atoms with Crippen LogP contribution in [-0.2, 0) is 6.54 Å². The molecule has 0 radical (unpaired) electrons. The highest BCUT2D eigenvalue weighted by atomic mass is 16.1. The molecule has 2 N–H and O–H groups in total. The SMILES string of the molecule is Cc1ccc(-n2[nH]c3c(c2=O)C=CNC3)nc1. The first kappa shape index (κ1) is 9.89. The lowest BCUT2D eigenvalue weighted by atomic mass is 10.2. The number of nitrogens with zero attached hydrogens (tertiary/aromatic N) is 2. The lowest BCUT2D eigenvalue weighted by molar-refractivity contribution is 0.759. The van der Waals surface area contributed by atoms with Gasteiger partial charge in [0.05, 0.1) is 17.8 Å². The molecule has 0 fully saturated rings. The zero-order valence-electron chi connectivity index (χ0n) is 9.40. The Bertz CT molecular complexity index is 634. The van der Waals surface area contributed by atoms with E-state index in [1.165, 1.54) is 4.68 Å². The molecule has 5 heteroatoms. The minimum Gasteiger partial charge on any atom is -0.385 e. The molecule has 0 atom stereocenters. The summed E-state index contributed by atoms with van der Waals surface area (Å²) in [5, 5.41) is 6.12. The minimum absolute atomic E-state index is 0.0610. The van der Waals surface area contributed by atoms with Crippen LogP contribution in [0.15, 0.2) is 29.3 Å². The summed E-state index contributed by atoms with van der Waals surface area (Å²) in [5.41, 5.74) is 2.60. The fraction of sp³-hybridized carbons (Fsp3) is 0.167. The van der Waals surface area contributed by atoms with Crippen molar-refractivity contribution in [3.63, 3.8) is 0 Å². The number of fused-ring (bicyclic) bond motifs is 1. The molecule has 1 aliphatic heterocycles. The third-order valence-corrected chi connectivity index (χ3v) is 2.78. The molecule has 0 saturated carbocycles. The van der Waals surface area contributed by atoms with Crippen LogP contribution >= 0.6 is 0 Å². The highest BCUT2D eigenvalue weighted by Crippen LogP contribution is 2.10. The van der Waals surface area contributed by atoms with Crippen molar-refractivity contribution in [2.75, 3.05) is 0 Å². The van der Waals surface area contributed by atoms with Crippen molar-refractivity contribution in [3.8, 4) is 5.82 Å². The molecule has 3 rings (SSSR count). The van der Waals surface area contributed by atoms with Crippen molar-refractivity contribution in [2.45, 2.75) is 13.5 Å². The zero-order chi connectivity index (χ0) is 11.8. The number of aryl methyl sites for hydroxylation is 1. The van der Waals surface area contributed by atoms with Crippen LogP contribution in [0.2, 0.25) is 0 Å². The summed E-state index contributed by atoms with van der Waals surface area (Å²) < 4.78 is 1.47. The van der Waals surface area contributed by atoms with Gasteiger partial charge < -0.3 is 5.32 Å². The number of aromatic nitrogens is 3. The normalized spacial score (nSPS) is 13.2. The van der Waals surface area contributed by atoms with Crippen LogP contribution in [0.25, 0.3) is 11.9 Å². The summed E-state index contributed by atoms with van der Waals surface area (Å²) in [6.45, 7) is 2.60. The molecule has 17 heavy (non-hydrogen) atoms. The Labute approximate surface area is 97.8 Å². The van der Waals surface area contributed by atoms with E-state index < -0.39 is 0 Å². The fourth-order valence-corrected chi connectivity index (χ4v) is 1.86. The Morgan fingerprint density at radius 2 is 2.29 bits per heavy atom. The number of hydrogen-bond acceptors (Lipinski definition) is 3. The molecule has 2 aromatic heterocycles. The van der Waals surface area contributed by atoms with Gasteiger partial charge in [-0.15, -0.1) is 0 Å². The van der Waals surface area contributed by atoms with Crippen LogP contribution in [0.5, 0.6) is 0 Å². The third-order valence-electron chi connectivity index (χ3n) is 2.78.